The number of phenolic OH excluding ortho intramolecular Hbond substituents is 1. The number of anilines is 1. The minimum Gasteiger partial charge on any atom is -0.504 e. The Labute approximate surface area is 179 Å². The molecule has 0 unspecified atom stereocenters. The average Bonchev–Trinajstić information content (AvgIpc) is 3.40. The molecule has 0 fully saturated rings. The molecular formula is C17H16N4O6S3. The smallest absolute Gasteiger partial charge is 0.306 e. The van der Waals surface area contributed by atoms with E-state index in [-0.39, 0.29) is 38.7 Å². The van der Waals surface area contributed by atoms with E-state index >= 15 is 0 Å². The van der Waals surface area contributed by atoms with Crippen LogP contribution in [0.1, 0.15) is 22.1 Å². The molecule has 0 aliphatic heterocycles. The largest absolute Gasteiger partial charge is 0.504 e. The molecular weight excluding hydrogens is 452 g/mol. The van der Waals surface area contributed by atoms with E-state index in [0.29, 0.717) is 4.90 Å². The van der Waals surface area contributed by atoms with E-state index in [1.165, 1.54) is 43.2 Å². The van der Waals surface area contributed by atoms with Gasteiger partial charge in [0.05, 0.1) is 12.8 Å². The molecule has 0 aliphatic carbocycles. The first kappa shape index (κ1) is 21.7. The summed E-state index contributed by atoms with van der Waals surface area (Å²) in [5.74, 6) is -1.43. The van der Waals surface area contributed by atoms with Crippen molar-refractivity contribution in [3.63, 3.8) is 0 Å². The van der Waals surface area contributed by atoms with Gasteiger partial charge in [-0.05, 0) is 23.8 Å². The lowest BCUT2D eigenvalue weighted by Gasteiger charge is -2.16. The highest BCUT2D eigenvalue weighted by molar-refractivity contribution is 7.99. The number of primary amides is 1. The fourth-order valence-electron chi connectivity index (χ4n) is 2.42. The topological polar surface area (TPSA) is 158 Å². The Morgan fingerprint density at radius 1 is 1.40 bits per heavy atom. The number of nitrogens with two attached hydrogens (primary N) is 1. The van der Waals surface area contributed by atoms with Gasteiger partial charge >= 0.3 is 11.8 Å². The summed E-state index contributed by atoms with van der Waals surface area (Å²) in [6.45, 7) is 0. The van der Waals surface area contributed by atoms with Crippen LogP contribution in [0, 0.1) is 0 Å². The van der Waals surface area contributed by atoms with Gasteiger partial charge < -0.3 is 20.0 Å². The summed E-state index contributed by atoms with van der Waals surface area (Å²) in [6.07, 6.45) is 4.51. The van der Waals surface area contributed by atoms with E-state index in [4.69, 9.17) is 14.9 Å². The van der Waals surface area contributed by atoms with Crippen molar-refractivity contribution in [1.82, 2.24) is 10.2 Å². The molecule has 0 atom stereocenters. The number of aromatic hydroxyl groups is 1. The number of phenols is 1. The van der Waals surface area contributed by atoms with Crippen LogP contribution in [0.5, 0.6) is 11.5 Å². The zero-order valence-electron chi connectivity index (χ0n) is 15.6. The Balaban J connectivity index is 2.06. The lowest BCUT2D eigenvalue weighted by Crippen LogP contribution is -2.12. The van der Waals surface area contributed by atoms with Crippen LogP contribution in [0.4, 0.5) is 5.69 Å². The van der Waals surface area contributed by atoms with Gasteiger partial charge in [-0.2, -0.15) is 0 Å². The molecule has 158 valence electrons. The highest BCUT2D eigenvalue weighted by Crippen LogP contribution is 2.43. The van der Waals surface area contributed by atoms with Crippen molar-refractivity contribution in [2.75, 3.05) is 18.1 Å². The maximum absolute atomic E-state index is 12.7. The number of hydrogen-bond donors (Lipinski definition) is 3. The van der Waals surface area contributed by atoms with Crippen molar-refractivity contribution in [1.29, 1.82) is 0 Å². The number of benzene rings is 1. The maximum Gasteiger partial charge on any atom is 0.306 e. The number of aromatic nitrogens is 2. The van der Waals surface area contributed by atoms with E-state index in [1.807, 2.05) is 0 Å². The van der Waals surface area contributed by atoms with Crippen LogP contribution < -0.4 is 15.2 Å². The van der Waals surface area contributed by atoms with E-state index in [9.17, 15) is 18.3 Å². The molecule has 0 bridgehead atoms. The predicted octanol–water partition coefficient (Wildman–Crippen LogP) is 2.64. The predicted molar refractivity (Wildman–Crippen MR) is 113 cm³/mol. The average molecular weight is 469 g/mol. The Morgan fingerprint density at radius 3 is 2.73 bits per heavy atom. The number of methoxy groups -OCH3 is 1. The summed E-state index contributed by atoms with van der Waals surface area (Å²) < 4.78 is 38.3. The third-order valence-corrected chi connectivity index (χ3v) is 7.34. The molecule has 3 rings (SSSR count). The highest BCUT2D eigenvalue weighted by Gasteiger charge is 2.22. The van der Waals surface area contributed by atoms with Crippen LogP contribution in [0.2, 0.25) is 0 Å². The number of nitrogens with zero attached hydrogens (tertiary/aromatic N) is 2. The minimum absolute atomic E-state index is 0.0289. The summed E-state index contributed by atoms with van der Waals surface area (Å²) >= 11 is 2.28. The van der Waals surface area contributed by atoms with Crippen molar-refractivity contribution >= 4 is 56.9 Å². The zero-order chi connectivity index (χ0) is 21.9. The molecule has 3 aromatic rings. The van der Waals surface area contributed by atoms with E-state index < -0.39 is 15.9 Å². The number of ether oxygens (including phenoxy) is 1. The van der Waals surface area contributed by atoms with Gasteiger partial charge in [-0.25, -0.2) is 8.42 Å². The van der Waals surface area contributed by atoms with Gasteiger partial charge in [0.15, 0.2) is 11.5 Å². The second-order valence-corrected chi connectivity index (χ2v) is 9.28. The number of carbonyl (C=O) groups is 1. The fraction of sp³-hybridized carbons (Fsp3) is 0.118. The second-order valence-electron chi connectivity index (χ2n) is 5.60. The first-order valence-corrected chi connectivity index (χ1v) is 11.7. The molecule has 0 saturated heterocycles. The van der Waals surface area contributed by atoms with Crippen molar-refractivity contribution in [2.24, 2.45) is 5.73 Å². The van der Waals surface area contributed by atoms with Crippen LogP contribution in [0.3, 0.4) is 0 Å². The number of rotatable bonds is 8. The summed E-state index contributed by atoms with van der Waals surface area (Å²) in [7, 11) is -2.49. The molecule has 0 radical (unpaired) electrons. The molecule has 13 heteroatoms. The number of carbonyl (C=O) groups excluding carboxylic acids is 1. The van der Waals surface area contributed by atoms with Crippen LogP contribution in [-0.2, 0) is 10.0 Å². The Hall–Kier alpha value is -3.03. The monoisotopic (exact) mass is 468 g/mol. The Kier molecular flexibility index (Phi) is 6.34. The molecule has 2 heterocycles. The van der Waals surface area contributed by atoms with Gasteiger partial charge in [0.2, 0.25) is 5.89 Å². The molecule has 30 heavy (non-hydrogen) atoms. The first-order valence-electron chi connectivity index (χ1n) is 8.12. The van der Waals surface area contributed by atoms with Gasteiger partial charge in [0, 0.05) is 22.6 Å². The number of amides is 1. The van der Waals surface area contributed by atoms with Gasteiger partial charge in [0.1, 0.15) is 4.21 Å². The van der Waals surface area contributed by atoms with Crippen LogP contribution >= 0.6 is 23.1 Å². The first-order chi connectivity index (χ1) is 14.3. The molecule has 0 spiro atoms. The molecule has 0 saturated carbocycles. The number of hydrogen-bond acceptors (Lipinski definition) is 10. The zero-order valence-corrected chi connectivity index (χ0v) is 18.1. The van der Waals surface area contributed by atoms with E-state index in [2.05, 4.69) is 14.9 Å². The third kappa shape index (κ3) is 4.42. The summed E-state index contributed by atoms with van der Waals surface area (Å²) in [6, 6.07) is 4.50. The number of thioether (sulfide) groups is 1. The Morgan fingerprint density at radius 2 is 2.17 bits per heavy atom. The molecule has 2 aromatic heterocycles. The van der Waals surface area contributed by atoms with Gasteiger partial charge in [-0.1, -0.05) is 6.07 Å². The normalized spacial score (nSPS) is 11.7. The van der Waals surface area contributed by atoms with Gasteiger partial charge in [0.25, 0.3) is 10.0 Å². The maximum atomic E-state index is 12.7. The third-order valence-electron chi connectivity index (χ3n) is 3.73. The summed E-state index contributed by atoms with van der Waals surface area (Å²) in [5.41, 5.74) is 5.55. The molecule has 4 N–H and O–H groups in total. The van der Waals surface area contributed by atoms with E-state index in [1.54, 1.807) is 17.7 Å². The van der Waals surface area contributed by atoms with Crippen LogP contribution in [0.15, 0.2) is 37.1 Å². The summed E-state index contributed by atoms with van der Waals surface area (Å²) in [4.78, 5) is 11.5. The van der Waals surface area contributed by atoms with Crippen molar-refractivity contribution < 1.29 is 27.5 Å². The molecule has 10 nitrogen and oxygen atoms in total. The highest BCUT2D eigenvalue weighted by atomic mass is 32.2. The lowest BCUT2D eigenvalue weighted by atomic mass is 10.1. The van der Waals surface area contributed by atoms with Crippen molar-refractivity contribution in [3.05, 3.63) is 40.9 Å². The fourth-order valence-corrected chi connectivity index (χ4v) is 5.26. The standard InChI is InChI=1S/C17H16N4O6S3/c1-26-11-8-10(21-30(24,25)13-4-3-7-29-13)15(28-2)9(14(11)22)5-6-12-19-20-17(27-12)16(18)23/h3-8,21-22H,1-2H3,(H2,18,23)/b6-5+. The number of nitrogens with one attached hydrogen (secondary N) is 1. The molecule has 1 amide bonds. The molecule has 0 aliphatic rings. The minimum atomic E-state index is -3.83. The van der Waals surface area contributed by atoms with Crippen LogP contribution in [0.25, 0.3) is 12.2 Å². The molecule has 1 aromatic carbocycles. The lowest BCUT2D eigenvalue weighted by molar-refractivity contribution is 0.0966. The van der Waals surface area contributed by atoms with Crippen molar-refractivity contribution in [3.8, 4) is 11.5 Å². The summed E-state index contributed by atoms with van der Waals surface area (Å²) in [5, 5.41) is 19.4. The second kappa shape index (κ2) is 8.77. The van der Waals surface area contributed by atoms with E-state index in [0.717, 1.165) is 11.3 Å². The van der Waals surface area contributed by atoms with Gasteiger partial charge in [-0.15, -0.1) is 33.3 Å². The SMILES string of the molecule is COc1cc(NS(=O)(=O)c2cccs2)c(SC)c(/C=C/c2nnc(C(N)=O)o2)c1O. The van der Waals surface area contributed by atoms with Crippen LogP contribution in [-0.4, -0.2) is 43.0 Å². The Bertz CT molecular complexity index is 1200. The number of thiophene rings is 1. The number of sulfonamides is 1. The quantitative estimate of drug-likeness (QED) is 0.334. The van der Waals surface area contributed by atoms with Crippen molar-refractivity contribution in [2.45, 2.75) is 9.10 Å². The van der Waals surface area contributed by atoms with Gasteiger partial charge in [-0.3, -0.25) is 9.52 Å².